The normalized spacial score (nSPS) is 12.4. The molecule has 1 N–H and O–H groups in total. The Kier molecular flexibility index (Phi) is 4.79. The first kappa shape index (κ1) is 15.0. The van der Waals surface area contributed by atoms with Crippen LogP contribution in [0.5, 0.6) is 0 Å². The minimum atomic E-state index is -0.362. The molecule has 0 aliphatic carbocycles. The van der Waals surface area contributed by atoms with Crippen LogP contribution in [0.25, 0.3) is 0 Å². The average Bonchev–Trinajstić information content (AvgIpc) is 2.43. The number of rotatable bonds is 4. The third-order valence-electron chi connectivity index (χ3n) is 3.71. The Labute approximate surface area is 124 Å². The van der Waals surface area contributed by atoms with E-state index < -0.39 is 0 Å². The van der Waals surface area contributed by atoms with E-state index >= 15 is 0 Å². The molecule has 2 rings (SSSR count). The summed E-state index contributed by atoms with van der Waals surface area (Å²) in [6.45, 7) is 4.20. The van der Waals surface area contributed by atoms with Gasteiger partial charge in [0.25, 0.3) is 0 Å². The maximum Gasteiger partial charge on any atom is 0.142 e. The van der Waals surface area contributed by atoms with Gasteiger partial charge in [-0.05, 0) is 61.7 Å². The van der Waals surface area contributed by atoms with Crippen LogP contribution < -0.4 is 5.32 Å². The summed E-state index contributed by atoms with van der Waals surface area (Å²) in [6, 6.07) is 11.6. The van der Waals surface area contributed by atoms with Crippen LogP contribution in [0.15, 0.2) is 36.4 Å². The van der Waals surface area contributed by atoms with Crippen molar-refractivity contribution in [1.82, 2.24) is 5.32 Å². The second-order valence-corrected chi connectivity index (χ2v) is 5.54. The number of nitrogens with one attached hydrogen (secondary N) is 1. The molecular formula is C17H19ClFN. The van der Waals surface area contributed by atoms with Crippen LogP contribution in [-0.2, 0) is 6.42 Å². The Morgan fingerprint density at radius 1 is 1.10 bits per heavy atom. The number of hydrogen-bond donors (Lipinski definition) is 1. The molecule has 0 bridgehead atoms. The molecule has 0 aliphatic heterocycles. The van der Waals surface area contributed by atoms with Gasteiger partial charge in [0, 0.05) is 6.04 Å². The SMILES string of the molecule is CNC(Cc1ccc(Cl)c(F)c1)c1ccc(C)c(C)c1. The van der Waals surface area contributed by atoms with Crippen molar-refractivity contribution in [1.29, 1.82) is 0 Å². The molecule has 1 unspecified atom stereocenters. The fourth-order valence-electron chi connectivity index (χ4n) is 2.27. The van der Waals surface area contributed by atoms with Crippen LogP contribution >= 0.6 is 11.6 Å². The Hall–Kier alpha value is -1.38. The van der Waals surface area contributed by atoms with Gasteiger partial charge in [-0.15, -0.1) is 0 Å². The summed E-state index contributed by atoms with van der Waals surface area (Å²) in [5.74, 6) is -0.362. The van der Waals surface area contributed by atoms with Crippen LogP contribution in [0.2, 0.25) is 5.02 Å². The van der Waals surface area contributed by atoms with Crippen molar-refractivity contribution >= 4 is 11.6 Å². The predicted molar refractivity (Wildman–Crippen MR) is 82.8 cm³/mol. The third-order valence-corrected chi connectivity index (χ3v) is 4.01. The van der Waals surface area contributed by atoms with Gasteiger partial charge < -0.3 is 5.32 Å². The van der Waals surface area contributed by atoms with Gasteiger partial charge in [0.1, 0.15) is 5.82 Å². The van der Waals surface area contributed by atoms with Crippen molar-refractivity contribution in [2.75, 3.05) is 7.05 Å². The third kappa shape index (κ3) is 3.38. The van der Waals surface area contributed by atoms with Gasteiger partial charge in [0.05, 0.1) is 5.02 Å². The highest BCUT2D eigenvalue weighted by molar-refractivity contribution is 6.30. The lowest BCUT2D eigenvalue weighted by molar-refractivity contribution is 0.584. The van der Waals surface area contributed by atoms with Crippen LogP contribution in [0.4, 0.5) is 4.39 Å². The van der Waals surface area contributed by atoms with E-state index in [4.69, 9.17) is 11.6 Å². The molecule has 0 aliphatic rings. The first-order valence-electron chi connectivity index (χ1n) is 6.69. The molecule has 0 heterocycles. The first-order chi connectivity index (χ1) is 9.51. The largest absolute Gasteiger partial charge is 0.313 e. The topological polar surface area (TPSA) is 12.0 Å². The van der Waals surface area contributed by atoms with Crippen LogP contribution in [0, 0.1) is 19.7 Å². The summed E-state index contributed by atoms with van der Waals surface area (Å²) in [6.07, 6.45) is 0.729. The minimum Gasteiger partial charge on any atom is -0.313 e. The number of hydrogen-bond acceptors (Lipinski definition) is 1. The maximum atomic E-state index is 13.5. The lowest BCUT2D eigenvalue weighted by Crippen LogP contribution is -2.19. The van der Waals surface area contributed by atoms with Crippen LogP contribution in [0.1, 0.15) is 28.3 Å². The zero-order chi connectivity index (χ0) is 14.7. The molecule has 0 amide bonds. The highest BCUT2D eigenvalue weighted by Gasteiger charge is 2.12. The van der Waals surface area contributed by atoms with E-state index in [2.05, 4.69) is 37.4 Å². The summed E-state index contributed by atoms with van der Waals surface area (Å²) in [7, 11) is 1.92. The molecule has 0 saturated heterocycles. The van der Waals surface area contributed by atoms with E-state index in [9.17, 15) is 4.39 Å². The summed E-state index contributed by atoms with van der Waals surface area (Å²) in [4.78, 5) is 0. The quantitative estimate of drug-likeness (QED) is 0.868. The zero-order valence-corrected chi connectivity index (χ0v) is 12.8. The van der Waals surface area contributed by atoms with E-state index in [0.717, 1.165) is 12.0 Å². The lowest BCUT2D eigenvalue weighted by atomic mass is 9.96. The number of halogens is 2. The van der Waals surface area contributed by atoms with E-state index in [0.29, 0.717) is 0 Å². The minimum absolute atomic E-state index is 0.162. The zero-order valence-electron chi connectivity index (χ0n) is 12.0. The molecule has 0 saturated carbocycles. The molecule has 2 aromatic carbocycles. The van der Waals surface area contributed by atoms with Crippen molar-refractivity contribution in [3.63, 3.8) is 0 Å². The first-order valence-corrected chi connectivity index (χ1v) is 7.07. The number of likely N-dealkylation sites (N-methyl/N-ethyl adjacent to an activating group) is 1. The predicted octanol–water partition coefficient (Wildman–Crippen LogP) is 4.60. The van der Waals surface area contributed by atoms with Gasteiger partial charge in [0.2, 0.25) is 0 Å². The van der Waals surface area contributed by atoms with E-state index in [1.807, 2.05) is 13.1 Å². The van der Waals surface area contributed by atoms with Gasteiger partial charge in [-0.25, -0.2) is 4.39 Å². The van der Waals surface area contributed by atoms with E-state index in [-0.39, 0.29) is 16.9 Å². The molecule has 0 fully saturated rings. The smallest absolute Gasteiger partial charge is 0.142 e. The van der Waals surface area contributed by atoms with Gasteiger partial charge in [-0.1, -0.05) is 35.9 Å². The fourth-order valence-corrected chi connectivity index (χ4v) is 2.39. The van der Waals surface area contributed by atoms with Crippen molar-refractivity contribution in [3.05, 3.63) is 69.5 Å². The van der Waals surface area contributed by atoms with Gasteiger partial charge in [0.15, 0.2) is 0 Å². The standard InChI is InChI=1S/C17H19ClFN/c1-11-4-6-14(8-12(11)2)17(20-3)10-13-5-7-15(18)16(19)9-13/h4-9,17,20H,10H2,1-3H3. The summed E-state index contributed by atoms with van der Waals surface area (Å²) in [5, 5.41) is 3.46. The fraction of sp³-hybridized carbons (Fsp3) is 0.294. The van der Waals surface area contributed by atoms with Crippen LogP contribution in [-0.4, -0.2) is 7.05 Å². The lowest BCUT2D eigenvalue weighted by Gasteiger charge is -2.18. The molecular weight excluding hydrogens is 273 g/mol. The molecule has 3 heteroatoms. The molecule has 20 heavy (non-hydrogen) atoms. The summed E-state index contributed by atoms with van der Waals surface area (Å²) < 4.78 is 13.5. The second-order valence-electron chi connectivity index (χ2n) is 5.14. The van der Waals surface area contributed by atoms with Crippen molar-refractivity contribution in [2.24, 2.45) is 0 Å². The van der Waals surface area contributed by atoms with E-state index in [1.54, 1.807) is 6.07 Å². The maximum absolute atomic E-state index is 13.5. The highest BCUT2D eigenvalue weighted by Crippen LogP contribution is 2.23. The average molecular weight is 292 g/mol. The van der Waals surface area contributed by atoms with Crippen molar-refractivity contribution in [3.8, 4) is 0 Å². The molecule has 106 valence electrons. The summed E-state index contributed by atoms with van der Waals surface area (Å²) in [5.41, 5.74) is 4.70. The number of aryl methyl sites for hydroxylation is 2. The Balaban J connectivity index is 2.23. The molecule has 2 aromatic rings. The van der Waals surface area contributed by atoms with Crippen molar-refractivity contribution < 1.29 is 4.39 Å². The number of benzene rings is 2. The molecule has 1 atom stereocenters. The molecule has 0 spiro atoms. The Morgan fingerprint density at radius 2 is 1.85 bits per heavy atom. The van der Waals surface area contributed by atoms with Gasteiger partial charge >= 0.3 is 0 Å². The Morgan fingerprint density at radius 3 is 2.45 bits per heavy atom. The summed E-state index contributed by atoms with van der Waals surface area (Å²) >= 11 is 5.72. The van der Waals surface area contributed by atoms with Gasteiger partial charge in [-0.2, -0.15) is 0 Å². The van der Waals surface area contributed by atoms with E-state index in [1.165, 1.54) is 22.8 Å². The molecule has 0 aromatic heterocycles. The second kappa shape index (κ2) is 6.38. The monoisotopic (exact) mass is 291 g/mol. The highest BCUT2D eigenvalue weighted by atomic mass is 35.5. The van der Waals surface area contributed by atoms with Crippen LogP contribution in [0.3, 0.4) is 0 Å². The Bertz CT molecular complexity index is 610. The molecule has 0 radical (unpaired) electrons. The van der Waals surface area contributed by atoms with Gasteiger partial charge in [-0.3, -0.25) is 0 Å². The molecule has 1 nitrogen and oxygen atoms in total. The van der Waals surface area contributed by atoms with Crippen molar-refractivity contribution in [2.45, 2.75) is 26.3 Å².